The summed E-state index contributed by atoms with van der Waals surface area (Å²) in [6.45, 7) is 2.70. The largest absolute Gasteiger partial charge is 0.399 e. The van der Waals surface area contributed by atoms with Crippen LogP contribution in [0.15, 0.2) is 29.6 Å². The lowest BCUT2D eigenvalue weighted by Gasteiger charge is -2.04. The van der Waals surface area contributed by atoms with Crippen LogP contribution in [-0.4, -0.2) is 17.4 Å². The van der Waals surface area contributed by atoms with Crippen molar-refractivity contribution >= 4 is 22.9 Å². The van der Waals surface area contributed by atoms with Crippen molar-refractivity contribution in [2.75, 3.05) is 12.3 Å². The van der Waals surface area contributed by atoms with E-state index in [1.807, 2.05) is 29.6 Å². The van der Waals surface area contributed by atoms with Gasteiger partial charge in [-0.15, -0.1) is 11.3 Å². The lowest BCUT2D eigenvalue weighted by atomic mass is 10.1. The first-order chi connectivity index (χ1) is 9.67. The van der Waals surface area contributed by atoms with E-state index >= 15 is 0 Å². The van der Waals surface area contributed by atoms with Crippen LogP contribution in [0.25, 0.3) is 0 Å². The highest BCUT2D eigenvalue weighted by molar-refractivity contribution is 7.09. The van der Waals surface area contributed by atoms with E-state index in [9.17, 15) is 4.79 Å². The lowest BCUT2D eigenvalue weighted by Crippen LogP contribution is -2.27. The Morgan fingerprint density at radius 1 is 1.35 bits per heavy atom. The molecule has 0 spiro atoms. The molecule has 2 aromatic rings. The van der Waals surface area contributed by atoms with E-state index in [-0.39, 0.29) is 5.91 Å². The third-order valence-electron chi connectivity index (χ3n) is 2.96. The van der Waals surface area contributed by atoms with Crippen LogP contribution in [0.1, 0.15) is 23.2 Å². The molecule has 1 aromatic carbocycles. The number of nitrogens with two attached hydrogens (primary N) is 1. The van der Waals surface area contributed by atoms with E-state index in [0.717, 1.165) is 29.2 Å². The quantitative estimate of drug-likeness (QED) is 0.801. The zero-order valence-electron chi connectivity index (χ0n) is 11.6. The van der Waals surface area contributed by atoms with Gasteiger partial charge in [0.2, 0.25) is 5.91 Å². The molecule has 0 atom stereocenters. The topological polar surface area (TPSA) is 68.0 Å². The highest BCUT2D eigenvalue weighted by Gasteiger charge is 2.06. The Morgan fingerprint density at radius 3 is 2.75 bits per heavy atom. The van der Waals surface area contributed by atoms with Crippen molar-refractivity contribution < 1.29 is 4.79 Å². The maximum absolute atomic E-state index is 11.8. The number of thiazole rings is 1. The molecule has 0 fully saturated rings. The van der Waals surface area contributed by atoms with Gasteiger partial charge in [-0.3, -0.25) is 4.79 Å². The molecule has 3 N–H and O–H groups in total. The predicted molar refractivity (Wildman–Crippen MR) is 82.8 cm³/mol. The summed E-state index contributed by atoms with van der Waals surface area (Å²) in [5, 5.41) is 5.95. The zero-order valence-corrected chi connectivity index (χ0v) is 12.4. The Bertz CT molecular complexity index is 563. The maximum atomic E-state index is 11.8. The molecule has 0 aliphatic carbocycles. The molecule has 1 amide bonds. The Labute approximate surface area is 123 Å². The molecular formula is C15H19N3OS. The van der Waals surface area contributed by atoms with Gasteiger partial charge in [-0.05, 0) is 30.5 Å². The van der Waals surface area contributed by atoms with E-state index in [1.165, 1.54) is 5.56 Å². The van der Waals surface area contributed by atoms with Gasteiger partial charge in [0.1, 0.15) is 0 Å². The third kappa shape index (κ3) is 4.35. The second kappa shape index (κ2) is 7.05. The number of carbonyl (C=O) groups excluding carboxylic acids is 1. The summed E-state index contributed by atoms with van der Waals surface area (Å²) in [4.78, 5) is 16.2. The normalized spacial score (nSPS) is 10.4. The molecule has 0 saturated carbocycles. The van der Waals surface area contributed by atoms with Crippen molar-refractivity contribution in [3.05, 3.63) is 45.9 Å². The Hall–Kier alpha value is -1.88. The molecule has 5 heteroatoms. The van der Waals surface area contributed by atoms with Gasteiger partial charge in [0.15, 0.2) is 0 Å². The third-order valence-corrected chi connectivity index (χ3v) is 4.00. The van der Waals surface area contributed by atoms with Crippen LogP contribution < -0.4 is 11.1 Å². The molecule has 0 radical (unpaired) electrons. The van der Waals surface area contributed by atoms with Crippen LogP contribution in [0.2, 0.25) is 0 Å². The smallest absolute Gasteiger partial charge is 0.226 e. The zero-order chi connectivity index (χ0) is 14.4. The van der Waals surface area contributed by atoms with Crippen LogP contribution in [0.5, 0.6) is 0 Å². The number of nitrogens with one attached hydrogen (secondary N) is 1. The van der Waals surface area contributed by atoms with Crippen LogP contribution in [0.4, 0.5) is 5.69 Å². The minimum absolute atomic E-state index is 0.0217. The van der Waals surface area contributed by atoms with Gasteiger partial charge >= 0.3 is 0 Å². The van der Waals surface area contributed by atoms with Crippen LogP contribution in [0, 0.1) is 0 Å². The number of anilines is 1. The molecule has 4 nitrogen and oxygen atoms in total. The molecular weight excluding hydrogens is 270 g/mol. The number of aryl methyl sites for hydroxylation is 1. The summed E-state index contributed by atoms with van der Waals surface area (Å²) in [5.74, 6) is 0.0217. The fourth-order valence-corrected chi connectivity index (χ4v) is 2.59. The highest BCUT2D eigenvalue weighted by atomic mass is 32.1. The van der Waals surface area contributed by atoms with Gasteiger partial charge in [-0.1, -0.05) is 19.1 Å². The maximum Gasteiger partial charge on any atom is 0.226 e. The number of amides is 1. The second-order valence-electron chi connectivity index (χ2n) is 4.60. The van der Waals surface area contributed by atoms with Crippen molar-refractivity contribution in [1.29, 1.82) is 0 Å². The second-order valence-corrected chi connectivity index (χ2v) is 5.55. The fourth-order valence-electron chi connectivity index (χ4n) is 1.85. The van der Waals surface area contributed by atoms with E-state index in [1.54, 1.807) is 11.3 Å². The van der Waals surface area contributed by atoms with Gasteiger partial charge < -0.3 is 11.1 Å². The predicted octanol–water partition coefficient (Wildman–Crippen LogP) is 2.19. The minimum Gasteiger partial charge on any atom is -0.399 e. The number of aromatic nitrogens is 1. The fraction of sp³-hybridized carbons (Fsp3) is 0.333. The summed E-state index contributed by atoms with van der Waals surface area (Å²) in [6.07, 6.45) is 2.09. The standard InChI is InChI=1S/C15H19N3OS/c1-2-15-18-13(10-20-15)9-14(19)17-8-7-11-3-5-12(16)6-4-11/h3-6,10H,2,7-9,16H2,1H3,(H,17,19). The van der Waals surface area contributed by atoms with Gasteiger partial charge in [-0.2, -0.15) is 0 Å². The molecule has 0 saturated heterocycles. The Morgan fingerprint density at radius 2 is 2.10 bits per heavy atom. The molecule has 106 valence electrons. The average molecular weight is 289 g/mol. The number of carbonyl (C=O) groups is 1. The van der Waals surface area contributed by atoms with Crippen molar-refractivity contribution in [3.8, 4) is 0 Å². The summed E-state index contributed by atoms with van der Waals surface area (Å²) in [5.41, 5.74) is 8.41. The first kappa shape index (κ1) is 14.5. The Balaban J connectivity index is 1.73. The van der Waals surface area contributed by atoms with Crippen LogP contribution in [0.3, 0.4) is 0 Å². The molecule has 0 aliphatic rings. The van der Waals surface area contributed by atoms with Crippen LogP contribution in [-0.2, 0) is 24.1 Å². The van der Waals surface area contributed by atoms with Gasteiger partial charge in [0.25, 0.3) is 0 Å². The first-order valence-corrected chi connectivity index (χ1v) is 7.59. The van der Waals surface area contributed by atoms with Gasteiger partial charge in [-0.25, -0.2) is 4.98 Å². The highest BCUT2D eigenvalue weighted by Crippen LogP contribution is 2.10. The molecule has 2 rings (SSSR count). The summed E-state index contributed by atoms with van der Waals surface area (Å²) in [6, 6.07) is 7.71. The number of hydrogen-bond acceptors (Lipinski definition) is 4. The minimum atomic E-state index is 0.0217. The molecule has 0 aliphatic heterocycles. The molecule has 20 heavy (non-hydrogen) atoms. The molecule has 0 bridgehead atoms. The first-order valence-electron chi connectivity index (χ1n) is 6.71. The monoisotopic (exact) mass is 289 g/mol. The van der Waals surface area contributed by atoms with Crippen molar-refractivity contribution in [3.63, 3.8) is 0 Å². The van der Waals surface area contributed by atoms with Crippen molar-refractivity contribution in [2.24, 2.45) is 0 Å². The average Bonchev–Trinajstić information content (AvgIpc) is 2.88. The van der Waals surface area contributed by atoms with E-state index < -0.39 is 0 Å². The van der Waals surface area contributed by atoms with Crippen molar-refractivity contribution in [2.45, 2.75) is 26.2 Å². The van der Waals surface area contributed by atoms with Gasteiger partial charge in [0, 0.05) is 17.6 Å². The van der Waals surface area contributed by atoms with E-state index in [4.69, 9.17) is 5.73 Å². The van der Waals surface area contributed by atoms with Crippen LogP contribution >= 0.6 is 11.3 Å². The van der Waals surface area contributed by atoms with E-state index in [0.29, 0.717) is 13.0 Å². The summed E-state index contributed by atoms with van der Waals surface area (Å²) < 4.78 is 0. The lowest BCUT2D eigenvalue weighted by molar-refractivity contribution is -0.120. The molecule has 1 heterocycles. The number of benzene rings is 1. The number of rotatable bonds is 6. The molecule has 1 aromatic heterocycles. The van der Waals surface area contributed by atoms with Crippen molar-refractivity contribution in [1.82, 2.24) is 10.3 Å². The number of nitrogens with zero attached hydrogens (tertiary/aromatic N) is 1. The summed E-state index contributed by atoms with van der Waals surface area (Å²) in [7, 11) is 0. The van der Waals surface area contributed by atoms with Gasteiger partial charge in [0.05, 0.1) is 17.1 Å². The SMILES string of the molecule is CCc1nc(CC(=O)NCCc2ccc(N)cc2)cs1. The molecule has 0 unspecified atom stereocenters. The number of nitrogen functional groups attached to an aromatic ring is 1. The van der Waals surface area contributed by atoms with E-state index in [2.05, 4.69) is 17.2 Å². The number of hydrogen-bond donors (Lipinski definition) is 2. The summed E-state index contributed by atoms with van der Waals surface area (Å²) >= 11 is 1.61. The Kier molecular flexibility index (Phi) is 5.12.